The molecule has 0 aliphatic carbocycles. The predicted molar refractivity (Wildman–Crippen MR) is 109 cm³/mol. The van der Waals surface area contributed by atoms with E-state index in [1.165, 1.54) is 12.1 Å². The van der Waals surface area contributed by atoms with Crippen LogP contribution >= 0.6 is 0 Å². The van der Waals surface area contributed by atoms with Crippen molar-refractivity contribution in [2.45, 2.75) is 19.7 Å². The molecule has 0 radical (unpaired) electrons. The van der Waals surface area contributed by atoms with E-state index in [4.69, 9.17) is 10.5 Å². The molecule has 0 atom stereocenters. The van der Waals surface area contributed by atoms with Gasteiger partial charge in [0, 0.05) is 25.8 Å². The maximum Gasteiger partial charge on any atom is 0.323 e. The Labute approximate surface area is 168 Å². The molecule has 2 amide bonds. The van der Waals surface area contributed by atoms with Gasteiger partial charge in [0.05, 0.1) is 18.0 Å². The van der Waals surface area contributed by atoms with Crippen molar-refractivity contribution < 1.29 is 13.9 Å². The number of amides is 2. The van der Waals surface area contributed by atoms with Crippen LogP contribution in [-0.2, 0) is 24.4 Å². The summed E-state index contributed by atoms with van der Waals surface area (Å²) in [5.41, 5.74) is 11.0. The molecule has 2 aromatic carbocycles. The number of nitrogen functional groups attached to an aromatic ring is 1. The summed E-state index contributed by atoms with van der Waals surface area (Å²) in [5.74, 6) is -0.0344. The normalized spacial score (nSPS) is 12.7. The first-order chi connectivity index (χ1) is 14.0. The second-order valence-electron chi connectivity index (χ2n) is 6.96. The van der Waals surface area contributed by atoms with Crippen LogP contribution in [0.1, 0.15) is 16.7 Å². The van der Waals surface area contributed by atoms with Crippen LogP contribution in [0.2, 0.25) is 0 Å². The van der Waals surface area contributed by atoms with Gasteiger partial charge in [-0.15, -0.1) is 0 Å². The van der Waals surface area contributed by atoms with Crippen LogP contribution in [0.25, 0.3) is 11.3 Å². The minimum atomic E-state index is -0.319. The number of nitrogens with two attached hydrogens (primary N) is 1. The molecule has 0 spiro atoms. The molecule has 3 N–H and O–H groups in total. The fourth-order valence-electron chi connectivity index (χ4n) is 3.38. The smallest absolute Gasteiger partial charge is 0.323 e. The Morgan fingerprint density at radius 2 is 1.90 bits per heavy atom. The summed E-state index contributed by atoms with van der Waals surface area (Å²) in [5, 5.41) is 2.80. The van der Waals surface area contributed by atoms with Crippen LogP contribution in [0, 0.1) is 5.82 Å². The SMILES string of the molecule is COCc1ccc2c(c1)CN(C(=O)Nc1nc(-c3ccc(F)cc3)ccc1N)C2. The third-order valence-electron chi connectivity index (χ3n) is 4.88. The van der Waals surface area contributed by atoms with Crippen molar-refractivity contribution in [2.24, 2.45) is 0 Å². The maximum absolute atomic E-state index is 13.2. The number of aromatic nitrogens is 1. The van der Waals surface area contributed by atoms with Gasteiger partial charge in [0.2, 0.25) is 0 Å². The largest absolute Gasteiger partial charge is 0.396 e. The van der Waals surface area contributed by atoms with Crippen molar-refractivity contribution >= 4 is 17.5 Å². The Balaban J connectivity index is 1.50. The highest BCUT2D eigenvalue weighted by molar-refractivity contribution is 5.92. The van der Waals surface area contributed by atoms with E-state index >= 15 is 0 Å². The Morgan fingerprint density at radius 1 is 1.14 bits per heavy atom. The number of ether oxygens (including phenoxy) is 1. The third kappa shape index (κ3) is 4.05. The van der Waals surface area contributed by atoms with Gasteiger partial charge in [0.15, 0.2) is 5.82 Å². The molecule has 1 aliphatic rings. The molecule has 1 aliphatic heterocycles. The molecule has 0 unspecified atom stereocenters. The van der Waals surface area contributed by atoms with Gasteiger partial charge in [-0.1, -0.05) is 18.2 Å². The van der Waals surface area contributed by atoms with E-state index < -0.39 is 0 Å². The molecule has 6 nitrogen and oxygen atoms in total. The van der Waals surface area contributed by atoms with Crippen molar-refractivity contribution in [1.29, 1.82) is 0 Å². The summed E-state index contributed by atoms with van der Waals surface area (Å²) >= 11 is 0. The number of hydrogen-bond donors (Lipinski definition) is 2. The Morgan fingerprint density at radius 3 is 2.66 bits per heavy atom. The lowest BCUT2D eigenvalue weighted by molar-refractivity contribution is 0.185. The number of benzene rings is 2. The fourth-order valence-corrected chi connectivity index (χ4v) is 3.38. The van der Waals surface area contributed by atoms with Gasteiger partial charge in [-0.25, -0.2) is 14.2 Å². The number of anilines is 2. The number of pyridine rings is 1. The van der Waals surface area contributed by atoms with Gasteiger partial charge < -0.3 is 15.4 Å². The molecule has 7 heteroatoms. The quantitative estimate of drug-likeness (QED) is 0.699. The lowest BCUT2D eigenvalue weighted by atomic mass is 10.1. The molecule has 0 saturated carbocycles. The minimum absolute atomic E-state index is 0.273. The number of hydrogen-bond acceptors (Lipinski definition) is 4. The highest BCUT2D eigenvalue weighted by atomic mass is 19.1. The standard InChI is InChI=1S/C22H21FN4O2/c1-29-13-14-2-3-16-11-27(12-17(16)10-14)22(28)26-21-19(24)8-9-20(25-21)15-4-6-18(23)7-5-15/h2-10H,11-13,24H2,1H3,(H,25,26,28). The van der Waals surface area contributed by atoms with Crippen molar-refractivity contribution in [3.8, 4) is 11.3 Å². The van der Waals surface area contributed by atoms with E-state index in [1.807, 2.05) is 12.1 Å². The molecule has 0 saturated heterocycles. The number of nitrogens with one attached hydrogen (secondary N) is 1. The number of rotatable bonds is 4. The highest BCUT2D eigenvalue weighted by Gasteiger charge is 2.24. The number of fused-ring (bicyclic) bond motifs is 1. The molecular formula is C22H21FN4O2. The Hall–Kier alpha value is -3.45. The Bertz CT molecular complexity index is 1050. The summed E-state index contributed by atoms with van der Waals surface area (Å²) in [6.07, 6.45) is 0. The molecule has 0 fully saturated rings. The first-order valence-electron chi connectivity index (χ1n) is 9.21. The minimum Gasteiger partial charge on any atom is -0.396 e. The monoisotopic (exact) mass is 392 g/mol. The van der Waals surface area contributed by atoms with E-state index in [1.54, 1.807) is 36.3 Å². The number of nitrogens with zero attached hydrogens (tertiary/aromatic N) is 2. The van der Waals surface area contributed by atoms with Crippen LogP contribution in [0.5, 0.6) is 0 Å². The van der Waals surface area contributed by atoms with Crippen LogP contribution < -0.4 is 11.1 Å². The summed E-state index contributed by atoms with van der Waals surface area (Å²) in [6.45, 7) is 1.57. The topological polar surface area (TPSA) is 80.5 Å². The van der Waals surface area contributed by atoms with Crippen LogP contribution in [0.4, 0.5) is 20.7 Å². The first-order valence-corrected chi connectivity index (χ1v) is 9.21. The van der Waals surface area contributed by atoms with Gasteiger partial charge in [-0.2, -0.15) is 0 Å². The summed E-state index contributed by atoms with van der Waals surface area (Å²) in [4.78, 5) is 18.9. The number of carbonyl (C=O) groups excluding carboxylic acids is 1. The van der Waals surface area contributed by atoms with Gasteiger partial charge in [0.1, 0.15) is 5.82 Å². The zero-order valence-electron chi connectivity index (χ0n) is 16.0. The van der Waals surface area contributed by atoms with E-state index in [0.29, 0.717) is 31.1 Å². The van der Waals surface area contributed by atoms with Crippen molar-refractivity contribution in [3.63, 3.8) is 0 Å². The molecule has 1 aromatic heterocycles. The average molecular weight is 392 g/mol. The lowest BCUT2D eigenvalue weighted by Gasteiger charge is -2.17. The van der Waals surface area contributed by atoms with Gasteiger partial charge in [-0.3, -0.25) is 5.32 Å². The van der Waals surface area contributed by atoms with Crippen molar-refractivity contribution in [3.05, 3.63) is 77.1 Å². The molecule has 2 heterocycles. The van der Waals surface area contributed by atoms with E-state index in [9.17, 15) is 9.18 Å². The zero-order valence-corrected chi connectivity index (χ0v) is 16.0. The third-order valence-corrected chi connectivity index (χ3v) is 4.88. The van der Waals surface area contributed by atoms with E-state index in [-0.39, 0.29) is 17.7 Å². The number of carbonyl (C=O) groups is 1. The summed E-state index contributed by atoms with van der Waals surface area (Å²) in [7, 11) is 1.66. The fraction of sp³-hybridized carbons (Fsp3) is 0.182. The van der Waals surface area contributed by atoms with Crippen LogP contribution in [0.3, 0.4) is 0 Å². The van der Waals surface area contributed by atoms with E-state index in [2.05, 4.69) is 16.4 Å². The van der Waals surface area contributed by atoms with Gasteiger partial charge >= 0.3 is 6.03 Å². The zero-order chi connectivity index (χ0) is 20.4. The van der Waals surface area contributed by atoms with Crippen molar-refractivity contribution in [2.75, 3.05) is 18.2 Å². The lowest BCUT2D eigenvalue weighted by Crippen LogP contribution is -2.30. The Kier molecular flexibility index (Phi) is 5.14. The first kappa shape index (κ1) is 18.9. The second-order valence-corrected chi connectivity index (χ2v) is 6.96. The summed E-state index contributed by atoms with van der Waals surface area (Å²) < 4.78 is 18.3. The van der Waals surface area contributed by atoms with Crippen LogP contribution in [-0.4, -0.2) is 23.0 Å². The molecule has 148 valence electrons. The average Bonchev–Trinajstić information content (AvgIpc) is 3.14. The molecule has 4 rings (SSSR count). The highest BCUT2D eigenvalue weighted by Crippen LogP contribution is 2.27. The van der Waals surface area contributed by atoms with Gasteiger partial charge in [0.25, 0.3) is 0 Å². The number of methoxy groups -OCH3 is 1. The van der Waals surface area contributed by atoms with Crippen LogP contribution in [0.15, 0.2) is 54.6 Å². The van der Waals surface area contributed by atoms with Crippen molar-refractivity contribution in [1.82, 2.24) is 9.88 Å². The maximum atomic E-state index is 13.2. The summed E-state index contributed by atoms with van der Waals surface area (Å²) in [6, 6.07) is 15.2. The predicted octanol–water partition coefficient (Wildman–Crippen LogP) is 4.16. The van der Waals surface area contributed by atoms with E-state index in [0.717, 1.165) is 22.3 Å². The number of halogens is 1. The molecule has 29 heavy (non-hydrogen) atoms. The molecule has 3 aromatic rings. The molecule has 0 bridgehead atoms. The second kappa shape index (κ2) is 7.89. The molecular weight excluding hydrogens is 371 g/mol. The number of urea groups is 1. The van der Waals surface area contributed by atoms with Gasteiger partial charge in [-0.05, 0) is 53.1 Å².